The van der Waals surface area contributed by atoms with E-state index in [2.05, 4.69) is 30.9 Å². The molecule has 0 aliphatic carbocycles. The number of hydrogen-bond donors (Lipinski definition) is 0. The van der Waals surface area contributed by atoms with Gasteiger partial charge in [-0.1, -0.05) is 55.5 Å². The first-order chi connectivity index (χ1) is 12.7. The predicted octanol–water partition coefficient (Wildman–Crippen LogP) is 5.72. The summed E-state index contributed by atoms with van der Waals surface area (Å²) >= 11 is 0. The lowest BCUT2D eigenvalue weighted by atomic mass is 10.0. The van der Waals surface area contributed by atoms with Gasteiger partial charge in [-0.05, 0) is 59.5 Å². The molecule has 0 amide bonds. The average molecular weight is 339 g/mol. The molecule has 0 spiro atoms. The van der Waals surface area contributed by atoms with Crippen LogP contribution in [0.15, 0.2) is 66.7 Å². The third kappa shape index (κ3) is 4.18. The minimum absolute atomic E-state index is 0.0567. The summed E-state index contributed by atoms with van der Waals surface area (Å²) < 4.78 is 13.8. The molecule has 3 aromatic rings. The molecule has 126 valence electrons. The Morgan fingerprint density at radius 1 is 0.808 bits per heavy atom. The molecule has 0 N–H and O–H groups in total. The van der Waals surface area contributed by atoms with Gasteiger partial charge in [0.1, 0.15) is 11.9 Å². The van der Waals surface area contributed by atoms with Gasteiger partial charge in [-0.15, -0.1) is 0 Å². The zero-order valence-corrected chi connectivity index (χ0v) is 14.6. The van der Waals surface area contributed by atoms with Crippen LogP contribution in [0.4, 0.5) is 4.39 Å². The molecular weight excluding hydrogens is 321 g/mol. The molecule has 0 atom stereocenters. The molecule has 26 heavy (non-hydrogen) atoms. The van der Waals surface area contributed by atoms with Crippen molar-refractivity contribution in [1.29, 1.82) is 5.26 Å². The lowest BCUT2D eigenvalue weighted by Crippen LogP contribution is -1.86. The van der Waals surface area contributed by atoms with E-state index < -0.39 is 5.82 Å². The highest BCUT2D eigenvalue weighted by molar-refractivity contribution is 5.65. The molecular formula is C24H18FN. The Kier molecular flexibility index (Phi) is 5.47. The molecule has 0 radical (unpaired) electrons. The van der Waals surface area contributed by atoms with Crippen LogP contribution in [0.5, 0.6) is 0 Å². The summed E-state index contributed by atoms with van der Waals surface area (Å²) in [6, 6.07) is 22.5. The fourth-order valence-electron chi connectivity index (χ4n) is 2.72. The van der Waals surface area contributed by atoms with E-state index in [1.165, 1.54) is 17.7 Å². The van der Waals surface area contributed by atoms with E-state index in [0.717, 1.165) is 35.1 Å². The highest BCUT2D eigenvalue weighted by Gasteiger charge is 2.04. The molecule has 3 aromatic carbocycles. The largest absolute Gasteiger partial charge is 0.206 e. The van der Waals surface area contributed by atoms with E-state index in [-0.39, 0.29) is 5.56 Å². The number of aryl methyl sites for hydroxylation is 1. The lowest BCUT2D eigenvalue weighted by molar-refractivity contribution is 0.624. The van der Waals surface area contributed by atoms with Gasteiger partial charge in [0.05, 0.1) is 5.56 Å². The van der Waals surface area contributed by atoms with Crippen molar-refractivity contribution in [3.63, 3.8) is 0 Å². The van der Waals surface area contributed by atoms with Gasteiger partial charge in [0.25, 0.3) is 0 Å². The van der Waals surface area contributed by atoms with Crippen LogP contribution in [0.1, 0.15) is 35.6 Å². The second kappa shape index (κ2) is 8.15. The number of rotatable bonds is 3. The van der Waals surface area contributed by atoms with Crippen LogP contribution in [-0.4, -0.2) is 0 Å². The normalized spacial score (nSPS) is 9.88. The molecule has 3 rings (SSSR count). The average Bonchev–Trinajstić information content (AvgIpc) is 2.68. The first-order valence-corrected chi connectivity index (χ1v) is 8.60. The minimum atomic E-state index is -0.500. The Morgan fingerprint density at radius 3 is 1.92 bits per heavy atom. The molecule has 0 unspecified atom stereocenters. The second-order valence-electron chi connectivity index (χ2n) is 6.08. The zero-order chi connectivity index (χ0) is 18.4. The van der Waals surface area contributed by atoms with Crippen molar-refractivity contribution in [2.75, 3.05) is 0 Å². The van der Waals surface area contributed by atoms with E-state index in [4.69, 9.17) is 5.26 Å². The summed E-state index contributed by atoms with van der Waals surface area (Å²) in [7, 11) is 0. The Labute approximate surface area is 153 Å². The van der Waals surface area contributed by atoms with Crippen LogP contribution in [0.3, 0.4) is 0 Å². The lowest BCUT2D eigenvalue weighted by Gasteiger charge is -2.03. The van der Waals surface area contributed by atoms with E-state index in [9.17, 15) is 4.39 Å². The predicted molar refractivity (Wildman–Crippen MR) is 103 cm³/mol. The van der Waals surface area contributed by atoms with Gasteiger partial charge < -0.3 is 0 Å². The maximum Gasteiger partial charge on any atom is 0.141 e. The van der Waals surface area contributed by atoms with Gasteiger partial charge in [0.2, 0.25) is 0 Å². The summed E-state index contributed by atoms with van der Waals surface area (Å²) in [5.41, 5.74) is 4.91. The van der Waals surface area contributed by atoms with Crippen molar-refractivity contribution in [3.8, 4) is 29.0 Å². The van der Waals surface area contributed by atoms with Gasteiger partial charge in [0.15, 0.2) is 0 Å². The standard InChI is InChI=1S/C24H18FN/c1-2-3-18-4-6-19(7-5-18)8-9-20-10-12-21(13-11-20)22-14-15-23(17-26)24(25)16-22/h4-7,10-16H,2-3H2,1H3. The number of benzene rings is 3. The van der Waals surface area contributed by atoms with Gasteiger partial charge in [-0.25, -0.2) is 4.39 Å². The van der Waals surface area contributed by atoms with E-state index in [0.29, 0.717) is 0 Å². The molecule has 0 saturated heterocycles. The van der Waals surface area contributed by atoms with E-state index >= 15 is 0 Å². The van der Waals surface area contributed by atoms with Gasteiger partial charge in [-0.3, -0.25) is 0 Å². The minimum Gasteiger partial charge on any atom is -0.206 e. The van der Waals surface area contributed by atoms with Crippen LogP contribution in [0, 0.1) is 29.0 Å². The summed E-state index contributed by atoms with van der Waals surface area (Å²) in [6.07, 6.45) is 2.23. The molecule has 0 bridgehead atoms. The molecule has 0 heterocycles. The van der Waals surface area contributed by atoms with Crippen LogP contribution in [0.25, 0.3) is 11.1 Å². The van der Waals surface area contributed by atoms with Crippen molar-refractivity contribution in [1.82, 2.24) is 0 Å². The summed E-state index contributed by atoms with van der Waals surface area (Å²) in [5.74, 6) is 5.82. The number of nitriles is 1. The number of nitrogens with zero attached hydrogens (tertiary/aromatic N) is 1. The third-order valence-electron chi connectivity index (χ3n) is 4.15. The monoisotopic (exact) mass is 339 g/mol. The van der Waals surface area contributed by atoms with Crippen LogP contribution in [0.2, 0.25) is 0 Å². The first kappa shape index (κ1) is 17.5. The molecule has 2 heteroatoms. The molecule has 0 aliphatic rings. The Morgan fingerprint density at radius 2 is 1.38 bits per heavy atom. The van der Waals surface area contributed by atoms with Gasteiger partial charge in [0, 0.05) is 11.1 Å². The fourth-order valence-corrected chi connectivity index (χ4v) is 2.72. The Balaban J connectivity index is 1.76. The Bertz CT molecular complexity index is 997. The summed E-state index contributed by atoms with van der Waals surface area (Å²) in [6.45, 7) is 2.17. The third-order valence-corrected chi connectivity index (χ3v) is 4.15. The Hall–Kier alpha value is -3.36. The molecule has 0 fully saturated rings. The van der Waals surface area contributed by atoms with Crippen molar-refractivity contribution in [3.05, 3.63) is 94.8 Å². The van der Waals surface area contributed by atoms with Crippen LogP contribution in [-0.2, 0) is 6.42 Å². The van der Waals surface area contributed by atoms with Crippen molar-refractivity contribution >= 4 is 0 Å². The van der Waals surface area contributed by atoms with Crippen molar-refractivity contribution in [2.24, 2.45) is 0 Å². The first-order valence-electron chi connectivity index (χ1n) is 8.60. The topological polar surface area (TPSA) is 23.8 Å². The number of hydrogen-bond acceptors (Lipinski definition) is 1. The van der Waals surface area contributed by atoms with Crippen LogP contribution >= 0.6 is 0 Å². The van der Waals surface area contributed by atoms with Crippen molar-refractivity contribution < 1.29 is 4.39 Å². The highest BCUT2D eigenvalue weighted by atomic mass is 19.1. The molecule has 0 aliphatic heterocycles. The second-order valence-corrected chi connectivity index (χ2v) is 6.08. The number of halogens is 1. The van der Waals surface area contributed by atoms with E-state index in [1.54, 1.807) is 6.07 Å². The smallest absolute Gasteiger partial charge is 0.141 e. The SMILES string of the molecule is CCCc1ccc(C#Cc2ccc(-c3ccc(C#N)c(F)c3)cc2)cc1. The van der Waals surface area contributed by atoms with E-state index in [1.807, 2.05) is 42.5 Å². The zero-order valence-electron chi connectivity index (χ0n) is 14.6. The quantitative estimate of drug-likeness (QED) is 0.560. The maximum atomic E-state index is 13.8. The van der Waals surface area contributed by atoms with Gasteiger partial charge >= 0.3 is 0 Å². The fraction of sp³-hybridized carbons (Fsp3) is 0.125. The summed E-state index contributed by atoms with van der Waals surface area (Å²) in [4.78, 5) is 0. The van der Waals surface area contributed by atoms with Crippen LogP contribution < -0.4 is 0 Å². The highest BCUT2D eigenvalue weighted by Crippen LogP contribution is 2.22. The van der Waals surface area contributed by atoms with Crippen molar-refractivity contribution in [2.45, 2.75) is 19.8 Å². The maximum absolute atomic E-state index is 13.8. The molecule has 0 saturated carbocycles. The summed E-state index contributed by atoms with van der Waals surface area (Å²) in [5, 5.41) is 8.81. The molecule has 1 nitrogen and oxygen atoms in total. The molecule has 0 aromatic heterocycles. The van der Waals surface area contributed by atoms with Gasteiger partial charge in [-0.2, -0.15) is 5.26 Å².